The zero-order chi connectivity index (χ0) is 8.20. The van der Waals surface area contributed by atoms with Crippen LogP contribution in [0.4, 0.5) is 0 Å². The van der Waals surface area contributed by atoms with E-state index in [0.717, 1.165) is 19.4 Å². The topological polar surface area (TPSA) is 23.5 Å². The van der Waals surface area contributed by atoms with Gasteiger partial charge in [0.25, 0.3) is 0 Å². The van der Waals surface area contributed by atoms with Crippen molar-refractivity contribution in [3.05, 3.63) is 0 Å². The molecule has 2 nitrogen and oxygen atoms in total. The maximum absolute atomic E-state index is 9.31. The van der Waals surface area contributed by atoms with Gasteiger partial charge in [-0.25, -0.2) is 0 Å². The van der Waals surface area contributed by atoms with Crippen molar-refractivity contribution in [1.29, 1.82) is 0 Å². The van der Waals surface area contributed by atoms with Crippen molar-refractivity contribution in [3.8, 4) is 0 Å². The molecule has 0 rings (SSSR count). The molecule has 0 saturated carbocycles. The minimum atomic E-state index is -0.490. The number of rotatable bonds is 4. The number of hydrogen-bond donors (Lipinski definition) is 1. The monoisotopic (exact) mass is 145 g/mol. The van der Waals surface area contributed by atoms with E-state index < -0.39 is 5.60 Å². The molecule has 0 radical (unpaired) electrons. The van der Waals surface area contributed by atoms with E-state index in [-0.39, 0.29) is 0 Å². The van der Waals surface area contributed by atoms with Gasteiger partial charge < -0.3 is 10.0 Å². The van der Waals surface area contributed by atoms with Crippen molar-refractivity contribution in [2.75, 3.05) is 20.6 Å². The minimum Gasteiger partial charge on any atom is -0.390 e. The van der Waals surface area contributed by atoms with Gasteiger partial charge in [-0.05, 0) is 47.3 Å². The first-order chi connectivity index (χ1) is 4.42. The summed E-state index contributed by atoms with van der Waals surface area (Å²) in [7, 11) is 4.09. The smallest absolute Gasteiger partial charge is 0.0592 e. The molecule has 0 aliphatic carbocycles. The summed E-state index contributed by atoms with van der Waals surface area (Å²) in [6, 6.07) is 0. The third kappa shape index (κ3) is 7.92. The number of nitrogens with zero attached hydrogens (tertiary/aromatic N) is 1. The fourth-order valence-corrected chi connectivity index (χ4v) is 0.828. The standard InChI is InChI=1S/C8H19NO/c1-8(2,10)6-5-7-9(3)4/h10H,5-7H2,1-4H3. The van der Waals surface area contributed by atoms with Gasteiger partial charge in [-0.1, -0.05) is 0 Å². The molecule has 0 spiro atoms. The van der Waals surface area contributed by atoms with E-state index in [9.17, 15) is 5.11 Å². The lowest BCUT2D eigenvalue weighted by Gasteiger charge is -2.18. The second-order valence-electron chi connectivity index (χ2n) is 3.72. The van der Waals surface area contributed by atoms with Crippen molar-refractivity contribution < 1.29 is 5.11 Å². The van der Waals surface area contributed by atoms with Gasteiger partial charge in [0.1, 0.15) is 0 Å². The first-order valence-electron chi connectivity index (χ1n) is 3.79. The highest BCUT2D eigenvalue weighted by atomic mass is 16.3. The summed E-state index contributed by atoms with van der Waals surface area (Å²) < 4.78 is 0. The van der Waals surface area contributed by atoms with Crippen molar-refractivity contribution in [2.24, 2.45) is 0 Å². The lowest BCUT2D eigenvalue weighted by atomic mass is 10.0. The summed E-state index contributed by atoms with van der Waals surface area (Å²) in [6.45, 7) is 4.76. The zero-order valence-electron chi connectivity index (χ0n) is 7.52. The highest BCUT2D eigenvalue weighted by Gasteiger charge is 2.10. The molecule has 0 bridgehead atoms. The molecule has 0 heterocycles. The lowest BCUT2D eigenvalue weighted by Crippen LogP contribution is -2.21. The first-order valence-corrected chi connectivity index (χ1v) is 3.79. The van der Waals surface area contributed by atoms with Crippen LogP contribution in [0.2, 0.25) is 0 Å². The van der Waals surface area contributed by atoms with Crippen LogP contribution in [0, 0.1) is 0 Å². The third-order valence-electron chi connectivity index (χ3n) is 1.39. The van der Waals surface area contributed by atoms with Crippen molar-refractivity contribution in [1.82, 2.24) is 4.90 Å². The largest absolute Gasteiger partial charge is 0.390 e. The Morgan fingerprint density at radius 2 is 1.80 bits per heavy atom. The summed E-state index contributed by atoms with van der Waals surface area (Å²) in [5.74, 6) is 0. The fraction of sp³-hybridized carbons (Fsp3) is 1.00. The first kappa shape index (κ1) is 9.92. The molecule has 0 unspecified atom stereocenters. The highest BCUT2D eigenvalue weighted by Crippen LogP contribution is 2.09. The van der Waals surface area contributed by atoms with Gasteiger partial charge in [0, 0.05) is 0 Å². The average molecular weight is 145 g/mol. The van der Waals surface area contributed by atoms with E-state index in [1.54, 1.807) is 0 Å². The predicted octanol–water partition coefficient (Wildman–Crippen LogP) is 1.10. The highest BCUT2D eigenvalue weighted by molar-refractivity contribution is 4.64. The molecule has 62 valence electrons. The van der Waals surface area contributed by atoms with E-state index in [0.29, 0.717) is 0 Å². The Kier molecular flexibility index (Phi) is 3.91. The maximum atomic E-state index is 9.31. The fourth-order valence-electron chi connectivity index (χ4n) is 0.828. The lowest BCUT2D eigenvalue weighted by molar-refractivity contribution is 0.0667. The quantitative estimate of drug-likeness (QED) is 0.640. The van der Waals surface area contributed by atoms with E-state index >= 15 is 0 Å². The molecule has 0 aromatic rings. The van der Waals surface area contributed by atoms with Gasteiger partial charge in [0.05, 0.1) is 5.60 Å². The summed E-state index contributed by atoms with van der Waals surface area (Å²) >= 11 is 0. The van der Waals surface area contributed by atoms with Crippen LogP contribution < -0.4 is 0 Å². The maximum Gasteiger partial charge on any atom is 0.0592 e. The average Bonchev–Trinajstić information content (AvgIpc) is 1.59. The summed E-state index contributed by atoms with van der Waals surface area (Å²) in [4.78, 5) is 2.13. The number of aliphatic hydroxyl groups is 1. The third-order valence-corrected chi connectivity index (χ3v) is 1.39. The molecule has 1 N–H and O–H groups in total. The normalized spacial score (nSPS) is 12.6. The van der Waals surface area contributed by atoms with Crippen LogP contribution in [-0.2, 0) is 0 Å². The zero-order valence-corrected chi connectivity index (χ0v) is 7.52. The van der Waals surface area contributed by atoms with Crippen LogP contribution >= 0.6 is 0 Å². The Hall–Kier alpha value is -0.0800. The molecular weight excluding hydrogens is 126 g/mol. The second-order valence-corrected chi connectivity index (χ2v) is 3.72. The van der Waals surface area contributed by atoms with Crippen LogP contribution in [0.3, 0.4) is 0 Å². The Morgan fingerprint density at radius 3 is 2.10 bits per heavy atom. The molecule has 2 heteroatoms. The Bertz CT molecular complexity index is 83.7. The molecule has 0 aromatic carbocycles. The Balaban J connectivity index is 3.21. The van der Waals surface area contributed by atoms with Crippen LogP contribution in [0.15, 0.2) is 0 Å². The van der Waals surface area contributed by atoms with Crippen molar-refractivity contribution in [3.63, 3.8) is 0 Å². The summed E-state index contributed by atoms with van der Waals surface area (Å²) in [6.07, 6.45) is 1.95. The SMILES string of the molecule is CN(C)CCCC(C)(C)O. The summed E-state index contributed by atoms with van der Waals surface area (Å²) in [5.41, 5.74) is -0.490. The molecule has 0 amide bonds. The molecule has 0 aromatic heterocycles. The van der Waals surface area contributed by atoms with Crippen LogP contribution in [0.1, 0.15) is 26.7 Å². The summed E-state index contributed by atoms with van der Waals surface area (Å²) in [5, 5.41) is 9.31. The predicted molar refractivity (Wildman–Crippen MR) is 44.1 cm³/mol. The van der Waals surface area contributed by atoms with E-state index in [4.69, 9.17) is 0 Å². The molecular formula is C8H19NO. The van der Waals surface area contributed by atoms with Gasteiger partial charge in [0.2, 0.25) is 0 Å². The van der Waals surface area contributed by atoms with E-state index in [1.165, 1.54) is 0 Å². The Morgan fingerprint density at radius 1 is 1.30 bits per heavy atom. The molecule has 0 aliphatic heterocycles. The Labute approximate surface area is 63.8 Å². The van der Waals surface area contributed by atoms with Gasteiger partial charge >= 0.3 is 0 Å². The molecule has 0 saturated heterocycles. The van der Waals surface area contributed by atoms with Crippen LogP contribution in [0.25, 0.3) is 0 Å². The van der Waals surface area contributed by atoms with Crippen LogP contribution in [0.5, 0.6) is 0 Å². The van der Waals surface area contributed by atoms with E-state index in [1.807, 2.05) is 27.9 Å². The molecule has 0 fully saturated rings. The molecule has 10 heavy (non-hydrogen) atoms. The minimum absolute atomic E-state index is 0.490. The number of hydrogen-bond acceptors (Lipinski definition) is 2. The van der Waals surface area contributed by atoms with E-state index in [2.05, 4.69) is 4.90 Å². The van der Waals surface area contributed by atoms with Gasteiger partial charge in [-0.3, -0.25) is 0 Å². The van der Waals surface area contributed by atoms with Gasteiger partial charge in [0.15, 0.2) is 0 Å². The van der Waals surface area contributed by atoms with Gasteiger partial charge in [-0.2, -0.15) is 0 Å². The van der Waals surface area contributed by atoms with Crippen molar-refractivity contribution in [2.45, 2.75) is 32.3 Å². The van der Waals surface area contributed by atoms with Crippen LogP contribution in [-0.4, -0.2) is 36.2 Å². The second kappa shape index (κ2) is 3.94. The van der Waals surface area contributed by atoms with Crippen molar-refractivity contribution >= 4 is 0 Å². The van der Waals surface area contributed by atoms with Gasteiger partial charge in [-0.15, -0.1) is 0 Å². The molecule has 0 aliphatic rings. The molecule has 0 atom stereocenters.